The van der Waals surface area contributed by atoms with Crippen molar-refractivity contribution in [1.29, 1.82) is 0 Å². The number of carbonyl (C=O) groups excluding carboxylic acids is 2. The Morgan fingerprint density at radius 3 is 2.40 bits per heavy atom. The highest BCUT2D eigenvalue weighted by Gasteiger charge is 2.16. The molecule has 12 heteroatoms. The minimum Gasteiger partial charge on any atom is -0.399 e. The number of fused-ring (bicyclic) bond motifs is 2. The van der Waals surface area contributed by atoms with Gasteiger partial charge in [0.2, 0.25) is 11.8 Å². The van der Waals surface area contributed by atoms with Crippen molar-refractivity contribution in [1.82, 2.24) is 15.3 Å². The molecule has 0 radical (unpaired) electrons. The van der Waals surface area contributed by atoms with Crippen LogP contribution in [0, 0.1) is 0 Å². The lowest BCUT2D eigenvalue weighted by Gasteiger charge is -2.09. The van der Waals surface area contributed by atoms with Crippen LogP contribution in [0.3, 0.4) is 0 Å². The number of ether oxygens (including phenoxy) is 1. The molecule has 2 amide bonds. The van der Waals surface area contributed by atoms with E-state index >= 15 is 0 Å². The van der Waals surface area contributed by atoms with Crippen LogP contribution in [0.15, 0.2) is 45.1 Å². The van der Waals surface area contributed by atoms with Gasteiger partial charge in [0.25, 0.3) is 0 Å². The van der Waals surface area contributed by atoms with Crippen molar-refractivity contribution in [3.8, 4) is 0 Å². The minimum absolute atomic E-state index is 0.0215. The molecule has 0 aliphatic carbocycles. The van der Waals surface area contributed by atoms with Crippen LogP contribution in [0.5, 0.6) is 0 Å². The number of amides is 2. The number of nitrogens with two attached hydrogens (primary N) is 1. The maximum Gasteiger partial charge on any atom is 0.234 e. The average molecular weight is 546 g/mol. The van der Waals surface area contributed by atoms with Crippen molar-refractivity contribution >= 4 is 89.8 Å². The first-order chi connectivity index (χ1) is 17.0. The van der Waals surface area contributed by atoms with Gasteiger partial charge >= 0.3 is 0 Å². The molecule has 182 valence electrons. The summed E-state index contributed by atoms with van der Waals surface area (Å²) >= 11 is 5.86. The van der Waals surface area contributed by atoms with Crippen LogP contribution in [-0.2, 0) is 14.3 Å². The molecule has 0 saturated carbocycles. The van der Waals surface area contributed by atoms with Crippen molar-refractivity contribution in [2.45, 2.75) is 27.6 Å². The van der Waals surface area contributed by atoms with E-state index in [9.17, 15) is 9.59 Å². The van der Waals surface area contributed by atoms with Crippen molar-refractivity contribution in [3.05, 3.63) is 36.4 Å². The molecule has 1 fully saturated rings. The summed E-state index contributed by atoms with van der Waals surface area (Å²) in [5.41, 5.74) is 8.98. The third kappa shape index (κ3) is 6.44. The second-order valence-electron chi connectivity index (χ2n) is 7.93. The maximum atomic E-state index is 12.5. The Bertz CT molecular complexity index is 1370. The molecule has 3 heterocycles. The van der Waals surface area contributed by atoms with E-state index in [0.29, 0.717) is 18.0 Å². The summed E-state index contributed by atoms with van der Waals surface area (Å²) in [5.74, 6) is 0.450. The van der Waals surface area contributed by atoms with Gasteiger partial charge in [0.1, 0.15) is 0 Å². The first kappa shape index (κ1) is 24.3. The van der Waals surface area contributed by atoms with E-state index in [1.807, 2.05) is 36.4 Å². The highest BCUT2D eigenvalue weighted by Crippen LogP contribution is 2.32. The van der Waals surface area contributed by atoms with Crippen LogP contribution in [0.4, 0.5) is 11.4 Å². The first-order valence-electron chi connectivity index (χ1n) is 11.0. The fourth-order valence-corrected chi connectivity index (χ4v) is 7.41. The summed E-state index contributed by atoms with van der Waals surface area (Å²) in [6.45, 7) is 1.34. The number of anilines is 2. The standard InChI is InChI=1S/C23H23N5O3S4/c24-13-3-5-16-18(8-13)34-23(27-16)33-12-21(30)26-14-4-6-17-19(9-14)35-22(28-17)32-11-20(29)25-10-15-2-1-7-31-15/h3-6,8-9,15H,1-2,7,10-12,24H2,(H,25,29)(H,26,30)/t15-/m0/s1. The zero-order valence-corrected chi connectivity index (χ0v) is 21.9. The van der Waals surface area contributed by atoms with Crippen LogP contribution < -0.4 is 16.4 Å². The third-order valence-electron chi connectivity index (χ3n) is 5.25. The number of carbonyl (C=O) groups is 2. The quantitative estimate of drug-likeness (QED) is 0.206. The zero-order chi connectivity index (χ0) is 24.2. The number of nitrogens with one attached hydrogen (secondary N) is 2. The lowest BCUT2D eigenvalue weighted by Crippen LogP contribution is -2.32. The second-order valence-corrected chi connectivity index (χ2v) is 12.4. The summed E-state index contributed by atoms with van der Waals surface area (Å²) in [4.78, 5) is 33.7. The Hall–Kier alpha value is -2.38. The number of thiazole rings is 2. The molecule has 2 aromatic carbocycles. The normalized spacial score (nSPS) is 15.6. The van der Waals surface area contributed by atoms with E-state index in [2.05, 4.69) is 20.6 Å². The van der Waals surface area contributed by atoms with Gasteiger partial charge in [-0.2, -0.15) is 0 Å². The highest BCUT2D eigenvalue weighted by molar-refractivity contribution is 8.02. The second kappa shape index (κ2) is 11.1. The van der Waals surface area contributed by atoms with E-state index in [4.69, 9.17) is 10.5 Å². The number of hydrogen-bond acceptors (Lipinski definition) is 10. The average Bonchev–Trinajstić information content (AvgIpc) is 3.59. The lowest BCUT2D eigenvalue weighted by molar-refractivity contribution is -0.119. The summed E-state index contributed by atoms with van der Waals surface area (Å²) in [6, 6.07) is 11.2. The smallest absolute Gasteiger partial charge is 0.234 e. The third-order valence-corrected chi connectivity index (χ3v) is 9.57. The number of benzene rings is 2. The predicted molar refractivity (Wildman–Crippen MR) is 146 cm³/mol. The molecular formula is C23H23N5O3S4. The fraction of sp³-hybridized carbons (Fsp3) is 0.304. The van der Waals surface area contributed by atoms with Gasteiger partial charge in [-0.05, 0) is 49.2 Å². The lowest BCUT2D eigenvalue weighted by atomic mass is 10.2. The van der Waals surface area contributed by atoms with E-state index in [-0.39, 0.29) is 23.7 Å². The molecule has 0 bridgehead atoms. The molecule has 1 saturated heterocycles. The van der Waals surface area contributed by atoms with E-state index < -0.39 is 0 Å². The van der Waals surface area contributed by atoms with Gasteiger partial charge in [-0.15, -0.1) is 22.7 Å². The number of thioether (sulfide) groups is 2. The van der Waals surface area contributed by atoms with Crippen LogP contribution in [0.1, 0.15) is 12.8 Å². The highest BCUT2D eigenvalue weighted by atomic mass is 32.2. The number of hydrogen-bond donors (Lipinski definition) is 3. The number of aromatic nitrogens is 2. The van der Waals surface area contributed by atoms with E-state index in [1.165, 1.54) is 46.2 Å². The molecule has 35 heavy (non-hydrogen) atoms. The monoisotopic (exact) mass is 545 g/mol. The van der Waals surface area contributed by atoms with Gasteiger partial charge in [0.05, 0.1) is 38.0 Å². The van der Waals surface area contributed by atoms with Gasteiger partial charge in [-0.25, -0.2) is 9.97 Å². The molecule has 1 atom stereocenters. The number of nitrogens with zero attached hydrogens (tertiary/aromatic N) is 2. The fourth-order valence-electron chi connectivity index (χ4n) is 3.56. The Morgan fingerprint density at radius 2 is 1.69 bits per heavy atom. The Kier molecular flexibility index (Phi) is 7.73. The van der Waals surface area contributed by atoms with Crippen LogP contribution >= 0.6 is 46.2 Å². The summed E-state index contributed by atoms with van der Waals surface area (Å²) < 4.78 is 9.16. The van der Waals surface area contributed by atoms with Gasteiger partial charge in [-0.3, -0.25) is 9.59 Å². The maximum absolute atomic E-state index is 12.5. The molecule has 0 spiro atoms. The summed E-state index contributed by atoms with van der Waals surface area (Å²) in [7, 11) is 0. The van der Waals surface area contributed by atoms with Crippen LogP contribution in [0.25, 0.3) is 20.4 Å². The zero-order valence-electron chi connectivity index (χ0n) is 18.6. The van der Waals surface area contributed by atoms with Crippen molar-refractivity contribution in [2.24, 2.45) is 0 Å². The molecular weight excluding hydrogens is 523 g/mol. The molecule has 8 nitrogen and oxygen atoms in total. The Balaban J connectivity index is 1.12. The van der Waals surface area contributed by atoms with Crippen molar-refractivity contribution in [3.63, 3.8) is 0 Å². The van der Waals surface area contributed by atoms with Crippen LogP contribution in [0.2, 0.25) is 0 Å². The van der Waals surface area contributed by atoms with Gasteiger partial charge in [-0.1, -0.05) is 23.5 Å². The van der Waals surface area contributed by atoms with E-state index in [0.717, 1.165) is 54.2 Å². The van der Waals surface area contributed by atoms with Gasteiger partial charge < -0.3 is 21.1 Å². The minimum atomic E-state index is -0.102. The SMILES string of the molecule is Nc1ccc2nc(SCC(=O)Nc3ccc4nc(SCC(=O)NC[C@@H]5CCCO5)sc4c3)sc2c1. The van der Waals surface area contributed by atoms with E-state index in [1.54, 1.807) is 0 Å². The molecule has 5 rings (SSSR count). The summed E-state index contributed by atoms with van der Waals surface area (Å²) in [5, 5.41) is 5.87. The largest absolute Gasteiger partial charge is 0.399 e. The van der Waals surface area contributed by atoms with Gasteiger partial charge in [0.15, 0.2) is 8.68 Å². The predicted octanol–water partition coefficient (Wildman–Crippen LogP) is 4.61. The Labute approximate surface area is 218 Å². The Morgan fingerprint density at radius 1 is 1.00 bits per heavy atom. The van der Waals surface area contributed by atoms with Crippen molar-refractivity contribution < 1.29 is 14.3 Å². The van der Waals surface area contributed by atoms with Crippen LogP contribution in [-0.4, -0.2) is 52.5 Å². The number of nitrogen functional groups attached to an aromatic ring is 1. The molecule has 4 N–H and O–H groups in total. The van der Waals surface area contributed by atoms with Gasteiger partial charge in [0, 0.05) is 24.5 Å². The topological polar surface area (TPSA) is 119 Å². The summed E-state index contributed by atoms with van der Waals surface area (Å²) in [6.07, 6.45) is 2.20. The molecule has 1 aliphatic heterocycles. The molecule has 2 aromatic heterocycles. The number of rotatable bonds is 9. The van der Waals surface area contributed by atoms with Crippen molar-refractivity contribution in [2.75, 3.05) is 35.7 Å². The first-order valence-corrected chi connectivity index (χ1v) is 14.6. The molecule has 0 unspecified atom stereocenters. The molecule has 1 aliphatic rings. The molecule has 4 aromatic rings.